The third-order valence-corrected chi connectivity index (χ3v) is 8.36. The molecule has 10 nitrogen and oxygen atoms in total. The summed E-state index contributed by atoms with van der Waals surface area (Å²) in [5.74, 6) is -2.22. The molecule has 2 fully saturated rings. The van der Waals surface area contributed by atoms with Gasteiger partial charge in [0.05, 0.1) is 31.6 Å². The minimum Gasteiger partial charge on any atom is -0.442 e. The Bertz CT molecular complexity index is 1140. The van der Waals surface area contributed by atoms with Gasteiger partial charge in [0.1, 0.15) is 17.1 Å². The second-order valence-corrected chi connectivity index (χ2v) is 10.8. The molecule has 1 aromatic heterocycles. The van der Waals surface area contributed by atoms with Crippen LogP contribution >= 0.6 is 0 Å². The van der Waals surface area contributed by atoms with Gasteiger partial charge in [-0.3, -0.25) is 14.4 Å². The molecule has 0 N–H and O–H groups in total. The van der Waals surface area contributed by atoms with Crippen molar-refractivity contribution in [3.05, 3.63) is 54.2 Å². The van der Waals surface area contributed by atoms with Crippen LogP contribution in [0.4, 0.5) is 0 Å². The van der Waals surface area contributed by atoms with Crippen LogP contribution in [0.5, 0.6) is 0 Å². The lowest BCUT2D eigenvalue weighted by atomic mass is 10.1. The summed E-state index contributed by atoms with van der Waals surface area (Å²) in [6, 6.07) is 8.49. The van der Waals surface area contributed by atoms with Gasteiger partial charge in [0.25, 0.3) is 5.89 Å². The van der Waals surface area contributed by atoms with E-state index in [0.29, 0.717) is 44.7 Å². The Hall–Kier alpha value is -3.05. The van der Waals surface area contributed by atoms with E-state index in [9.17, 15) is 22.8 Å². The van der Waals surface area contributed by atoms with Gasteiger partial charge in [-0.25, -0.2) is 13.4 Å². The highest BCUT2D eigenvalue weighted by Gasteiger charge is 2.58. The van der Waals surface area contributed by atoms with Crippen LogP contribution in [0.1, 0.15) is 35.5 Å². The molecule has 0 bridgehead atoms. The van der Waals surface area contributed by atoms with E-state index in [2.05, 4.69) is 4.98 Å². The lowest BCUT2D eigenvalue weighted by Gasteiger charge is -2.31. The topological polar surface area (TPSA) is 127 Å². The first kappa shape index (κ1) is 24.1. The van der Waals surface area contributed by atoms with Crippen molar-refractivity contribution in [3.8, 4) is 0 Å². The molecule has 0 radical (unpaired) electrons. The Balaban J connectivity index is 1.60. The molecule has 4 rings (SSSR count). The number of hydrogen-bond donors (Lipinski definition) is 0. The number of morpholine rings is 1. The van der Waals surface area contributed by atoms with E-state index in [1.165, 1.54) is 29.3 Å². The second-order valence-electron chi connectivity index (χ2n) is 8.57. The van der Waals surface area contributed by atoms with Crippen LogP contribution in [-0.4, -0.2) is 84.9 Å². The summed E-state index contributed by atoms with van der Waals surface area (Å²) >= 11 is 0. The van der Waals surface area contributed by atoms with Crippen molar-refractivity contribution in [2.45, 2.75) is 35.8 Å². The number of nitrogens with zero attached hydrogens (tertiary/aromatic N) is 3. The van der Waals surface area contributed by atoms with Crippen LogP contribution < -0.4 is 0 Å². The zero-order valence-corrected chi connectivity index (χ0v) is 19.7. The average molecular weight is 490 g/mol. The third kappa shape index (κ3) is 4.90. The van der Waals surface area contributed by atoms with Gasteiger partial charge in [-0.1, -0.05) is 30.3 Å². The summed E-state index contributed by atoms with van der Waals surface area (Å²) in [4.78, 5) is 46.1. The SMILES string of the molecule is CN(C(=O)C(CC(=O)N1CCOCC1)S(=O)(=O)Cc1ccccc1)C1(C(=O)c2ncco2)CC1. The summed E-state index contributed by atoms with van der Waals surface area (Å²) < 4.78 is 37.3. The maximum Gasteiger partial charge on any atom is 0.265 e. The molecule has 1 aliphatic heterocycles. The molecule has 2 aromatic rings. The number of hydrogen-bond acceptors (Lipinski definition) is 8. The number of oxazole rings is 1. The first-order valence-electron chi connectivity index (χ1n) is 11.1. The molecule has 1 atom stereocenters. The highest BCUT2D eigenvalue weighted by molar-refractivity contribution is 7.92. The predicted molar refractivity (Wildman–Crippen MR) is 120 cm³/mol. The van der Waals surface area contributed by atoms with Crippen LogP contribution in [0.15, 0.2) is 47.2 Å². The third-order valence-electron chi connectivity index (χ3n) is 6.39. The monoisotopic (exact) mass is 489 g/mol. The van der Waals surface area contributed by atoms with Crippen LogP contribution in [0.3, 0.4) is 0 Å². The van der Waals surface area contributed by atoms with Crippen molar-refractivity contribution in [1.82, 2.24) is 14.8 Å². The molecule has 2 aliphatic rings. The molecule has 2 amide bonds. The molecule has 1 saturated carbocycles. The fraction of sp³-hybridized carbons (Fsp3) is 0.478. The molecular formula is C23H27N3O7S. The fourth-order valence-electron chi connectivity index (χ4n) is 4.17. The lowest BCUT2D eigenvalue weighted by Crippen LogP contribution is -2.52. The Morgan fingerprint density at radius 1 is 1.15 bits per heavy atom. The molecule has 1 aromatic carbocycles. The number of amides is 2. The number of carbonyl (C=O) groups is 3. The smallest absolute Gasteiger partial charge is 0.265 e. The van der Waals surface area contributed by atoms with E-state index in [0.717, 1.165) is 0 Å². The molecule has 182 valence electrons. The van der Waals surface area contributed by atoms with E-state index >= 15 is 0 Å². The first-order valence-corrected chi connectivity index (χ1v) is 12.8. The maximum atomic E-state index is 13.6. The van der Waals surface area contributed by atoms with Crippen molar-refractivity contribution in [2.24, 2.45) is 0 Å². The summed E-state index contributed by atoms with van der Waals surface area (Å²) in [7, 11) is -2.68. The largest absolute Gasteiger partial charge is 0.442 e. The number of sulfone groups is 1. The molecular weight excluding hydrogens is 462 g/mol. The fourth-order valence-corrected chi connectivity index (χ4v) is 5.89. The number of Topliss-reactive ketones (excluding diaryl/α,β-unsaturated/α-hetero) is 1. The summed E-state index contributed by atoms with van der Waals surface area (Å²) in [5, 5.41) is -1.62. The lowest BCUT2D eigenvalue weighted by molar-refractivity contribution is -0.139. The maximum absolute atomic E-state index is 13.6. The predicted octanol–water partition coefficient (Wildman–Crippen LogP) is 1.08. The summed E-state index contributed by atoms with van der Waals surface area (Å²) in [6.07, 6.45) is 2.82. The van der Waals surface area contributed by atoms with Gasteiger partial charge < -0.3 is 19.0 Å². The standard InChI is InChI=1S/C23H27N3O7S/c1-25(23(7-8-23)20(28)21-24-9-12-33-21)22(29)18(15-19(27)26-10-13-32-14-11-26)34(30,31)16-17-5-3-2-4-6-17/h2-6,9,12,18H,7-8,10-11,13-16H2,1H3. The van der Waals surface area contributed by atoms with Gasteiger partial charge in [0.2, 0.25) is 17.6 Å². The van der Waals surface area contributed by atoms with Gasteiger partial charge >= 0.3 is 0 Å². The number of ketones is 1. The van der Waals surface area contributed by atoms with Gasteiger partial charge in [-0.05, 0) is 18.4 Å². The van der Waals surface area contributed by atoms with E-state index in [-0.39, 0.29) is 5.89 Å². The summed E-state index contributed by atoms with van der Waals surface area (Å²) in [6.45, 7) is 1.38. The number of likely N-dealkylation sites (N-methyl/N-ethyl adjacent to an activating group) is 1. The van der Waals surface area contributed by atoms with Crippen molar-refractivity contribution in [1.29, 1.82) is 0 Å². The van der Waals surface area contributed by atoms with E-state index in [1.807, 2.05) is 0 Å². The minimum atomic E-state index is -4.09. The zero-order chi connectivity index (χ0) is 24.3. The molecule has 0 spiro atoms. The van der Waals surface area contributed by atoms with Crippen molar-refractivity contribution >= 4 is 27.4 Å². The van der Waals surface area contributed by atoms with E-state index in [4.69, 9.17) is 9.15 Å². The number of rotatable bonds is 9. The number of ether oxygens (including phenoxy) is 1. The molecule has 11 heteroatoms. The van der Waals surface area contributed by atoms with E-state index in [1.54, 1.807) is 30.3 Å². The molecule has 34 heavy (non-hydrogen) atoms. The Morgan fingerprint density at radius 3 is 2.41 bits per heavy atom. The van der Waals surface area contributed by atoms with Crippen molar-refractivity contribution in [3.63, 3.8) is 0 Å². The molecule has 2 heterocycles. The van der Waals surface area contributed by atoms with Crippen LogP contribution in [0.2, 0.25) is 0 Å². The van der Waals surface area contributed by atoms with Crippen molar-refractivity contribution < 1.29 is 32.0 Å². The number of aromatic nitrogens is 1. The van der Waals surface area contributed by atoms with E-state index < -0.39 is 50.4 Å². The van der Waals surface area contributed by atoms with Crippen LogP contribution in [0.25, 0.3) is 0 Å². The number of carbonyl (C=O) groups excluding carboxylic acids is 3. The first-order chi connectivity index (χ1) is 16.2. The number of benzene rings is 1. The zero-order valence-electron chi connectivity index (χ0n) is 18.9. The normalized spacial score (nSPS) is 18.2. The summed E-state index contributed by atoms with van der Waals surface area (Å²) in [5.41, 5.74) is -0.705. The Labute approximate surface area is 197 Å². The quantitative estimate of drug-likeness (QED) is 0.479. The van der Waals surface area contributed by atoms with Gasteiger partial charge in [0.15, 0.2) is 9.84 Å². The van der Waals surface area contributed by atoms with Crippen LogP contribution in [-0.2, 0) is 29.9 Å². The average Bonchev–Trinajstić information content (AvgIpc) is 3.47. The van der Waals surface area contributed by atoms with Crippen molar-refractivity contribution in [2.75, 3.05) is 33.4 Å². The molecule has 1 saturated heterocycles. The van der Waals surface area contributed by atoms with Gasteiger partial charge in [-0.15, -0.1) is 0 Å². The van der Waals surface area contributed by atoms with Gasteiger partial charge in [-0.2, -0.15) is 0 Å². The highest BCUT2D eigenvalue weighted by Crippen LogP contribution is 2.44. The second kappa shape index (κ2) is 9.67. The Morgan fingerprint density at radius 2 is 1.82 bits per heavy atom. The molecule has 1 unspecified atom stereocenters. The Kier molecular flexibility index (Phi) is 6.85. The van der Waals surface area contributed by atoms with Crippen LogP contribution in [0, 0.1) is 0 Å². The molecule has 1 aliphatic carbocycles. The highest BCUT2D eigenvalue weighted by atomic mass is 32.2. The minimum absolute atomic E-state index is 0.134. The van der Waals surface area contributed by atoms with Gasteiger partial charge in [0, 0.05) is 20.1 Å².